The Bertz CT molecular complexity index is 641. The summed E-state index contributed by atoms with van der Waals surface area (Å²) in [5, 5.41) is 11.7. The summed E-state index contributed by atoms with van der Waals surface area (Å²) in [7, 11) is 0. The maximum Gasteiger partial charge on any atom is 0.229 e. The van der Waals surface area contributed by atoms with E-state index in [0.717, 1.165) is 12.1 Å². The smallest absolute Gasteiger partial charge is 0.229 e. The van der Waals surface area contributed by atoms with Gasteiger partial charge < -0.3 is 10.4 Å². The second kappa shape index (κ2) is 5.88. The van der Waals surface area contributed by atoms with Crippen molar-refractivity contribution in [2.75, 3.05) is 5.32 Å². The number of benzene rings is 2. The van der Waals surface area contributed by atoms with Crippen molar-refractivity contribution in [3.8, 4) is 5.75 Å². The van der Waals surface area contributed by atoms with Crippen LogP contribution in [-0.4, -0.2) is 11.0 Å². The lowest BCUT2D eigenvalue weighted by Gasteiger charge is -2.08. The predicted molar refractivity (Wildman–Crippen MR) is 71.8 cm³/mol. The Hall–Kier alpha value is -2.14. The Morgan fingerprint density at radius 3 is 2.45 bits per heavy atom. The fourth-order valence-corrected chi connectivity index (χ4v) is 1.88. The van der Waals surface area contributed by atoms with Crippen LogP contribution in [0.4, 0.5) is 14.5 Å². The number of phenols is 1. The Labute approximate surface area is 118 Å². The van der Waals surface area contributed by atoms with Crippen LogP contribution >= 0.6 is 11.6 Å². The molecule has 0 bridgehead atoms. The normalized spacial score (nSPS) is 10.3. The predicted octanol–water partition coefficient (Wildman–Crippen LogP) is 3.51. The fraction of sp³-hybridized carbons (Fsp3) is 0.0714. The molecule has 0 fully saturated rings. The van der Waals surface area contributed by atoms with Gasteiger partial charge in [-0.15, -0.1) is 0 Å². The van der Waals surface area contributed by atoms with Gasteiger partial charge in [-0.25, -0.2) is 8.78 Å². The molecule has 2 aromatic carbocycles. The topological polar surface area (TPSA) is 49.3 Å². The van der Waals surface area contributed by atoms with Gasteiger partial charge in [-0.3, -0.25) is 4.79 Å². The van der Waals surface area contributed by atoms with E-state index in [2.05, 4.69) is 5.32 Å². The number of halogens is 3. The molecule has 0 heterocycles. The van der Waals surface area contributed by atoms with E-state index in [4.69, 9.17) is 11.6 Å². The number of hydrogen-bond donors (Lipinski definition) is 2. The average molecular weight is 298 g/mol. The Kier molecular flexibility index (Phi) is 4.20. The number of hydrogen-bond acceptors (Lipinski definition) is 2. The molecule has 0 spiro atoms. The first-order valence-electron chi connectivity index (χ1n) is 5.68. The molecule has 0 aliphatic rings. The highest BCUT2D eigenvalue weighted by molar-refractivity contribution is 6.33. The summed E-state index contributed by atoms with van der Waals surface area (Å²) in [4.78, 5) is 11.8. The van der Waals surface area contributed by atoms with E-state index in [1.807, 2.05) is 0 Å². The fourth-order valence-electron chi connectivity index (χ4n) is 1.66. The molecule has 104 valence electrons. The third kappa shape index (κ3) is 3.24. The Morgan fingerprint density at radius 1 is 1.20 bits per heavy atom. The third-order valence-electron chi connectivity index (χ3n) is 2.63. The van der Waals surface area contributed by atoms with E-state index >= 15 is 0 Å². The summed E-state index contributed by atoms with van der Waals surface area (Å²) < 4.78 is 26.8. The lowest BCUT2D eigenvalue weighted by atomic mass is 10.1. The van der Waals surface area contributed by atoms with Gasteiger partial charge in [0.05, 0.1) is 17.1 Å². The molecular weight excluding hydrogens is 288 g/mol. The van der Waals surface area contributed by atoms with Crippen molar-refractivity contribution in [3.63, 3.8) is 0 Å². The molecular formula is C14H10ClF2NO2. The number of rotatable bonds is 3. The molecule has 0 aromatic heterocycles. The summed E-state index contributed by atoms with van der Waals surface area (Å²) in [6.07, 6.45) is -0.449. The molecule has 6 heteroatoms. The minimum atomic E-state index is -0.781. The zero-order valence-corrected chi connectivity index (χ0v) is 10.9. The summed E-state index contributed by atoms with van der Waals surface area (Å²) in [5.74, 6) is -2.22. The van der Waals surface area contributed by atoms with E-state index in [-0.39, 0.29) is 22.0 Å². The van der Waals surface area contributed by atoms with Crippen LogP contribution in [0.25, 0.3) is 0 Å². The van der Waals surface area contributed by atoms with Crippen LogP contribution in [0.1, 0.15) is 5.56 Å². The van der Waals surface area contributed by atoms with Crippen LogP contribution in [0.5, 0.6) is 5.75 Å². The highest BCUT2D eigenvalue weighted by Crippen LogP contribution is 2.26. The van der Waals surface area contributed by atoms with Gasteiger partial charge >= 0.3 is 0 Å². The molecule has 3 nitrogen and oxygen atoms in total. The van der Waals surface area contributed by atoms with Gasteiger partial charge in [0, 0.05) is 11.6 Å². The lowest BCUT2D eigenvalue weighted by Crippen LogP contribution is -2.16. The van der Waals surface area contributed by atoms with Gasteiger partial charge in [-0.05, 0) is 24.3 Å². The maximum atomic E-state index is 13.4. The number of carbonyl (C=O) groups is 1. The SMILES string of the molecule is O=C(Cc1c(F)cccc1F)Nc1ccc(O)cc1Cl. The third-order valence-corrected chi connectivity index (χ3v) is 2.94. The molecule has 2 N–H and O–H groups in total. The Balaban J connectivity index is 2.13. The number of carbonyl (C=O) groups excluding carboxylic acids is 1. The van der Waals surface area contributed by atoms with Crippen LogP contribution in [0.3, 0.4) is 0 Å². The second-order valence-corrected chi connectivity index (χ2v) is 4.50. The first-order valence-corrected chi connectivity index (χ1v) is 6.06. The van der Waals surface area contributed by atoms with Crippen molar-refractivity contribution in [2.24, 2.45) is 0 Å². The van der Waals surface area contributed by atoms with Crippen molar-refractivity contribution in [1.29, 1.82) is 0 Å². The van der Waals surface area contributed by atoms with Gasteiger partial charge in [0.15, 0.2) is 0 Å². The summed E-state index contributed by atoms with van der Waals surface area (Å²) in [6.45, 7) is 0. The first kappa shape index (κ1) is 14.3. The molecule has 20 heavy (non-hydrogen) atoms. The van der Waals surface area contributed by atoms with Crippen LogP contribution in [-0.2, 0) is 11.2 Å². The lowest BCUT2D eigenvalue weighted by molar-refractivity contribution is -0.115. The van der Waals surface area contributed by atoms with Gasteiger partial charge in [0.2, 0.25) is 5.91 Å². The summed E-state index contributed by atoms with van der Waals surface area (Å²) >= 11 is 5.82. The maximum absolute atomic E-state index is 13.4. The average Bonchev–Trinajstić information content (AvgIpc) is 2.37. The monoisotopic (exact) mass is 297 g/mol. The zero-order chi connectivity index (χ0) is 14.7. The molecule has 2 aromatic rings. The number of phenolic OH excluding ortho intramolecular Hbond substituents is 1. The van der Waals surface area contributed by atoms with Crippen LogP contribution < -0.4 is 5.32 Å². The number of amides is 1. The molecule has 0 atom stereocenters. The second-order valence-electron chi connectivity index (χ2n) is 4.09. The van der Waals surface area contributed by atoms with Crippen molar-refractivity contribution >= 4 is 23.2 Å². The molecule has 0 unspecified atom stereocenters. The van der Waals surface area contributed by atoms with E-state index < -0.39 is 24.0 Å². The molecule has 1 amide bonds. The quantitative estimate of drug-likeness (QED) is 0.852. The van der Waals surface area contributed by atoms with Gasteiger partial charge in [-0.2, -0.15) is 0 Å². The highest BCUT2D eigenvalue weighted by Gasteiger charge is 2.14. The number of nitrogens with one attached hydrogen (secondary N) is 1. The van der Waals surface area contributed by atoms with E-state index in [9.17, 15) is 18.7 Å². The number of anilines is 1. The largest absolute Gasteiger partial charge is 0.508 e. The van der Waals surface area contributed by atoms with Crippen molar-refractivity contribution in [2.45, 2.75) is 6.42 Å². The first-order chi connectivity index (χ1) is 9.47. The molecule has 0 saturated carbocycles. The van der Waals surface area contributed by atoms with E-state index in [1.54, 1.807) is 0 Å². The van der Waals surface area contributed by atoms with Crippen LogP contribution in [0, 0.1) is 11.6 Å². The minimum Gasteiger partial charge on any atom is -0.508 e. The van der Waals surface area contributed by atoms with E-state index in [1.165, 1.54) is 24.3 Å². The van der Waals surface area contributed by atoms with Gasteiger partial charge in [-0.1, -0.05) is 17.7 Å². The van der Waals surface area contributed by atoms with Crippen molar-refractivity contribution in [3.05, 3.63) is 58.6 Å². The summed E-state index contributed by atoms with van der Waals surface area (Å²) in [6, 6.07) is 7.38. The Morgan fingerprint density at radius 2 is 1.85 bits per heavy atom. The van der Waals surface area contributed by atoms with E-state index in [0.29, 0.717) is 0 Å². The molecule has 0 saturated heterocycles. The molecule has 2 rings (SSSR count). The molecule has 0 radical (unpaired) electrons. The molecule has 0 aliphatic carbocycles. The van der Waals surface area contributed by atoms with Gasteiger partial charge in [0.1, 0.15) is 17.4 Å². The van der Waals surface area contributed by atoms with Gasteiger partial charge in [0.25, 0.3) is 0 Å². The van der Waals surface area contributed by atoms with Crippen molar-refractivity contribution in [1.82, 2.24) is 0 Å². The zero-order valence-electron chi connectivity index (χ0n) is 10.2. The van der Waals surface area contributed by atoms with Crippen LogP contribution in [0.15, 0.2) is 36.4 Å². The molecule has 0 aliphatic heterocycles. The van der Waals surface area contributed by atoms with Crippen molar-refractivity contribution < 1.29 is 18.7 Å². The number of aromatic hydroxyl groups is 1. The standard InChI is InChI=1S/C14H10ClF2NO2/c15-10-6-8(19)4-5-13(10)18-14(20)7-9-11(16)2-1-3-12(9)17/h1-6,19H,7H2,(H,18,20). The highest BCUT2D eigenvalue weighted by atomic mass is 35.5. The van der Waals surface area contributed by atoms with Crippen LogP contribution in [0.2, 0.25) is 5.02 Å². The summed E-state index contributed by atoms with van der Waals surface area (Å²) in [5.41, 5.74) is -0.0499. The minimum absolute atomic E-state index is 0.0480.